The van der Waals surface area contributed by atoms with Crippen molar-refractivity contribution in [3.63, 3.8) is 0 Å². The van der Waals surface area contributed by atoms with Crippen molar-refractivity contribution < 1.29 is 9.90 Å². The quantitative estimate of drug-likeness (QED) is 0.657. The monoisotopic (exact) mass is 454 g/mol. The third-order valence-electron chi connectivity index (χ3n) is 7.38. The summed E-state index contributed by atoms with van der Waals surface area (Å²) in [4.78, 5) is 32.6. The molecule has 0 spiro atoms. The van der Waals surface area contributed by atoms with Gasteiger partial charge in [-0.1, -0.05) is 12.8 Å². The van der Waals surface area contributed by atoms with Crippen LogP contribution in [0.1, 0.15) is 50.0 Å². The highest BCUT2D eigenvalue weighted by atomic mass is 32.1. The van der Waals surface area contributed by atoms with Crippen LogP contribution in [0.25, 0.3) is 11.0 Å². The van der Waals surface area contributed by atoms with E-state index in [4.69, 9.17) is 0 Å². The highest BCUT2D eigenvalue weighted by molar-refractivity contribution is 7.08. The van der Waals surface area contributed by atoms with E-state index < -0.39 is 5.60 Å². The molecule has 4 heterocycles. The van der Waals surface area contributed by atoms with Gasteiger partial charge in [0.1, 0.15) is 12.0 Å². The molecule has 0 radical (unpaired) electrons. The number of rotatable bonds is 4. The van der Waals surface area contributed by atoms with Crippen LogP contribution in [0.3, 0.4) is 0 Å². The minimum Gasteiger partial charge on any atom is -0.388 e. The largest absolute Gasteiger partial charge is 0.388 e. The van der Waals surface area contributed by atoms with Crippen LogP contribution in [0.5, 0.6) is 0 Å². The smallest absolute Gasteiger partial charge is 0.262 e. The standard InChI is InChI=1S/C24H30N4O3S/c1-26-10-6-20-21(26)25-16-28(23(20)30)15-24(31)8-11-27(12-9-24)22(29)19-5-3-2-4-18(19)17-7-13-32-14-17/h6-7,10,13-14,16,18-19,31H,2-5,8-9,11-12,15H2,1H3/t18-,19+/m1/s1. The predicted octanol–water partition coefficient (Wildman–Crippen LogP) is 3.12. The fraction of sp³-hybridized carbons (Fsp3) is 0.542. The maximum atomic E-state index is 13.4. The van der Waals surface area contributed by atoms with Crippen molar-refractivity contribution in [3.8, 4) is 0 Å². The van der Waals surface area contributed by atoms with Gasteiger partial charge in [-0.2, -0.15) is 11.3 Å². The zero-order valence-corrected chi connectivity index (χ0v) is 19.3. The Morgan fingerprint density at radius 1 is 1.25 bits per heavy atom. The number of likely N-dealkylation sites (tertiary alicyclic amines) is 1. The Kier molecular flexibility index (Phi) is 5.67. The Morgan fingerprint density at radius 3 is 2.78 bits per heavy atom. The molecule has 5 rings (SSSR count). The van der Waals surface area contributed by atoms with Gasteiger partial charge >= 0.3 is 0 Å². The van der Waals surface area contributed by atoms with Crippen LogP contribution in [-0.4, -0.2) is 48.7 Å². The SMILES string of the molecule is Cn1ccc2c(=O)n(CC3(O)CCN(C(=O)[C@H]4CCCC[C@@H]4c4ccsc4)CC3)cnc21. The number of fused-ring (bicyclic) bond motifs is 1. The zero-order valence-electron chi connectivity index (χ0n) is 18.4. The molecule has 0 aromatic carbocycles. The molecule has 1 saturated carbocycles. The molecule has 3 aromatic rings. The molecule has 1 amide bonds. The Hall–Kier alpha value is -2.45. The highest BCUT2D eigenvalue weighted by Crippen LogP contribution is 2.40. The Balaban J connectivity index is 1.26. The summed E-state index contributed by atoms with van der Waals surface area (Å²) in [6.45, 7) is 1.25. The third-order valence-corrected chi connectivity index (χ3v) is 8.08. The van der Waals surface area contributed by atoms with Crippen molar-refractivity contribution in [2.24, 2.45) is 13.0 Å². The molecule has 1 saturated heterocycles. The topological polar surface area (TPSA) is 80.4 Å². The van der Waals surface area contributed by atoms with E-state index in [0.29, 0.717) is 42.9 Å². The number of aryl methyl sites for hydroxylation is 1. The van der Waals surface area contributed by atoms with E-state index in [1.165, 1.54) is 22.9 Å². The average Bonchev–Trinajstić information content (AvgIpc) is 3.46. The summed E-state index contributed by atoms with van der Waals surface area (Å²) in [6, 6.07) is 3.92. The van der Waals surface area contributed by atoms with Gasteiger partial charge in [0.2, 0.25) is 5.91 Å². The normalized spacial score (nSPS) is 23.5. The van der Waals surface area contributed by atoms with Crippen molar-refractivity contribution >= 4 is 28.3 Å². The number of carbonyl (C=O) groups is 1. The molecule has 1 aliphatic carbocycles. The maximum Gasteiger partial charge on any atom is 0.262 e. The van der Waals surface area contributed by atoms with Crippen LogP contribution in [0.15, 0.2) is 40.2 Å². The van der Waals surface area contributed by atoms with E-state index in [9.17, 15) is 14.7 Å². The lowest BCUT2D eigenvalue weighted by Gasteiger charge is -2.41. The number of carbonyl (C=O) groups excluding carboxylic acids is 1. The summed E-state index contributed by atoms with van der Waals surface area (Å²) in [5, 5.41) is 16.0. The van der Waals surface area contributed by atoms with E-state index in [1.54, 1.807) is 17.4 Å². The fourth-order valence-corrected chi connectivity index (χ4v) is 6.18. The van der Waals surface area contributed by atoms with Crippen LogP contribution in [0, 0.1) is 5.92 Å². The number of hydrogen-bond acceptors (Lipinski definition) is 5. The summed E-state index contributed by atoms with van der Waals surface area (Å²) in [5.41, 5.74) is 0.795. The van der Waals surface area contributed by atoms with Gasteiger partial charge in [0.25, 0.3) is 5.56 Å². The van der Waals surface area contributed by atoms with Crippen LogP contribution in [0.4, 0.5) is 0 Å². The van der Waals surface area contributed by atoms with Crippen LogP contribution in [-0.2, 0) is 18.4 Å². The molecule has 170 valence electrons. The maximum absolute atomic E-state index is 13.4. The third kappa shape index (κ3) is 3.90. The Morgan fingerprint density at radius 2 is 2.03 bits per heavy atom. The van der Waals surface area contributed by atoms with E-state index in [2.05, 4.69) is 21.8 Å². The molecule has 32 heavy (non-hydrogen) atoms. The summed E-state index contributed by atoms with van der Waals surface area (Å²) >= 11 is 1.69. The molecule has 2 atom stereocenters. The number of thiophene rings is 1. The Bertz CT molecular complexity index is 1160. The lowest BCUT2D eigenvalue weighted by atomic mass is 9.75. The predicted molar refractivity (Wildman–Crippen MR) is 125 cm³/mol. The molecule has 2 fully saturated rings. The van der Waals surface area contributed by atoms with Crippen LogP contribution < -0.4 is 5.56 Å². The van der Waals surface area contributed by atoms with Crippen molar-refractivity contribution in [2.75, 3.05) is 13.1 Å². The number of hydrogen-bond donors (Lipinski definition) is 1. The van der Waals surface area contributed by atoms with Crippen molar-refractivity contribution in [1.29, 1.82) is 0 Å². The summed E-state index contributed by atoms with van der Waals surface area (Å²) < 4.78 is 3.32. The summed E-state index contributed by atoms with van der Waals surface area (Å²) in [7, 11) is 1.86. The first kappa shape index (κ1) is 21.4. The van der Waals surface area contributed by atoms with Crippen molar-refractivity contribution in [2.45, 2.75) is 56.6 Å². The molecule has 3 aromatic heterocycles. The van der Waals surface area contributed by atoms with Gasteiger partial charge in [0.05, 0.1) is 17.5 Å². The summed E-state index contributed by atoms with van der Waals surface area (Å²) in [5.74, 6) is 0.579. The minimum atomic E-state index is -1.01. The van der Waals surface area contributed by atoms with Gasteiger partial charge in [-0.05, 0) is 60.1 Å². The van der Waals surface area contributed by atoms with E-state index in [0.717, 1.165) is 19.3 Å². The fourth-order valence-electron chi connectivity index (χ4n) is 5.46. The van der Waals surface area contributed by atoms with Crippen molar-refractivity contribution in [1.82, 2.24) is 19.0 Å². The van der Waals surface area contributed by atoms with E-state index >= 15 is 0 Å². The van der Waals surface area contributed by atoms with Crippen LogP contribution >= 0.6 is 11.3 Å². The van der Waals surface area contributed by atoms with Gasteiger partial charge in [-0.25, -0.2) is 4.98 Å². The van der Waals surface area contributed by atoms with E-state index in [-0.39, 0.29) is 23.9 Å². The molecule has 0 bridgehead atoms. The van der Waals surface area contributed by atoms with Gasteiger partial charge in [0, 0.05) is 32.3 Å². The molecule has 2 aliphatic rings. The van der Waals surface area contributed by atoms with Crippen LogP contribution in [0.2, 0.25) is 0 Å². The zero-order chi connectivity index (χ0) is 22.3. The molecule has 8 heteroatoms. The van der Waals surface area contributed by atoms with Gasteiger partial charge in [-0.3, -0.25) is 14.2 Å². The molecule has 7 nitrogen and oxygen atoms in total. The first-order chi connectivity index (χ1) is 15.5. The van der Waals surface area contributed by atoms with E-state index in [1.807, 2.05) is 22.7 Å². The first-order valence-electron chi connectivity index (χ1n) is 11.5. The second kappa shape index (κ2) is 8.48. The molecule has 1 N–H and O–H groups in total. The average molecular weight is 455 g/mol. The molecule has 1 aliphatic heterocycles. The second-order valence-corrected chi connectivity index (χ2v) is 10.2. The number of nitrogens with zero attached hydrogens (tertiary/aromatic N) is 4. The number of amides is 1. The minimum absolute atomic E-state index is 0.0388. The van der Waals surface area contributed by atoms with Gasteiger partial charge < -0.3 is 14.6 Å². The number of aromatic nitrogens is 3. The highest BCUT2D eigenvalue weighted by Gasteiger charge is 2.39. The van der Waals surface area contributed by atoms with Gasteiger partial charge in [0.15, 0.2) is 0 Å². The molecular formula is C24H30N4O3S. The Labute approximate surface area is 191 Å². The number of piperidine rings is 1. The number of aliphatic hydroxyl groups is 1. The summed E-state index contributed by atoms with van der Waals surface area (Å²) in [6.07, 6.45) is 8.57. The lowest BCUT2D eigenvalue weighted by Crippen LogP contribution is -2.51. The lowest BCUT2D eigenvalue weighted by molar-refractivity contribution is -0.142. The van der Waals surface area contributed by atoms with Gasteiger partial charge in [-0.15, -0.1) is 0 Å². The second-order valence-electron chi connectivity index (χ2n) is 9.45. The van der Waals surface area contributed by atoms with Crippen molar-refractivity contribution in [3.05, 3.63) is 51.3 Å². The first-order valence-corrected chi connectivity index (χ1v) is 12.4. The molecule has 0 unspecified atom stereocenters. The molecular weight excluding hydrogens is 424 g/mol.